The fraction of sp³-hybridized carbons (Fsp3) is 0.786. The Hall–Kier alpha value is -0.830. The summed E-state index contributed by atoms with van der Waals surface area (Å²) in [6, 6.07) is 0. The molecule has 3 unspecified atom stereocenters. The van der Waals surface area contributed by atoms with E-state index in [0.717, 1.165) is 17.8 Å². The Morgan fingerprint density at radius 2 is 2.06 bits per heavy atom. The van der Waals surface area contributed by atoms with Crippen LogP contribution in [0.2, 0.25) is 0 Å². The van der Waals surface area contributed by atoms with Crippen LogP contribution in [0.15, 0.2) is 12.2 Å². The monoisotopic (exact) mass is 240 g/mol. The zero-order chi connectivity index (χ0) is 12.8. The Balaban J connectivity index is 0.000000170. The molecule has 0 saturated heterocycles. The number of carbonyl (C=O) groups excluding carboxylic acids is 1. The highest BCUT2D eigenvalue weighted by Crippen LogP contribution is 2.47. The Morgan fingerprint density at radius 3 is 2.35 bits per heavy atom. The third-order valence-electron chi connectivity index (χ3n) is 3.75. The van der Waals surface area contributed by atoms with E-state index in [9.17, 15) is 4.79 Å². The first-order valence-electron chi connectivity index (χ1n) is 6.36. The molecule has 2 rings (SSSR count). The normalized spacial score (nSPS) is 29.5. The maximum atomic E-state index is 10.5. The van der Waals surface area contributed by atoms with Gasteiger partial charge in [0, 0.05) is 12.7 Å². The minimum Gasteiger partial charge on any atom is -0.435 e. The summed E-state index contributed by atoms with van der Waals surface area (Å²) in [7, 11) is 1.45. The highest BCUT2D eigenvalue weighted by atomic mass is 16.7. The van der Waals surface area contributed by atoms with Gasteiger partial charge in [0.15, 0.2) is 6.79 Å². The molecule has 0 aromatic rings. The van der Waals surface area contributed by atoms with Crippen LogP contribution in [0.25, 0.3) is 0 Å². The molecule has 0 N–H and O–H groups in total. The van der Waals surface area contributed by atoms with Gasteiger partial charge >= 0.3 is 5.97 Å². The number of methoxy groups -OCH3 is 1. The SMILES string of the molecule is C=C(C)C(=O)OCOC.CC1CC2CCC1C2. The molecule has 0 amide bonds. The molecule has 3 atom stereocenters. The van der Waals surface area contributed by atoms with E-state index in [2.05, 4.69) is 23.0 Å². The molecule has 2 bridgehead atoms. The largest absolute Gasteiger partial charge is 0.435 e. The number of rotatable bonds is 3. The van der Waals surface area contributed by atoms with Gasteiger partial charge in [-0.25, -0.2) is 4.79 Å². The average molecular weight is 240 g/mol. The van der Waals surface area contributed by atoms with Crippen LogP contribution in [-0.2, 0) is 14.3 Å². The van der Waals surface area contributed by atoms with Crippen LogP contribution in [0.3, 0.4) is 0 Å². The zero-order valence-corrected chi connectivity index (χ0v) is 11.2. The molecule has 2 aliphatic carbocycles. The number of hydrogen-bond acceptors (Lipinski definition) is 3. The van der Waals surface area contributed by atoms with Crippen LogP contribution in [0.4, 0.5) is 0 Å². The van der Waals surface area contributed by atoms with Crippen molar-refractivity contribution in [2.75, 3.05) is 13.9 Å². The smallest absolute Gasteiger partial charge is 0.335 e. The predicted molar refractivity (Wildman–Crippen MR) is 67.4 cm³/mol. The molecule has 3 heteroatoms. The van der Waals surface area contributed by atoms with Crippen molar-refractivity contribution in [2.45, 2.75) is 39.5 Å². The number of carbonyl (C=O) groups is 1. The minimum absolute atomic E-state index is 0.00824. The minimum atomic E-state index is -0.420. The first kappa shape index (κ1) is 14.2. The predicted octanol–water partition coefficient (Wildman–Crippen LogP) is 3.15. The van der Waals surface area contributed by atoms with Gasteiger partial charge in [-0.15, -0.1) is 0 Å². The lowest BCUT2D eigenvalue weighted by Crippen LogP contribution is -2.06. The first-order valence-corrected chi connectivity index (χ1v) is 6.36. The Kier molecular flexibility index (Phi) is 5.69. The molecule has 2 fully saturated rings. The fourth-order valence-corrected chi connectivity index (χ4v) is 2.80. The van der Waals surface area contributed by atoms with Crippen molar-refractivity contribution >= 4 is 5.97 Å². The number of ether oxygens (including phenoxy) is 2. The average Bonchev–Trinajstić information content (AvgIpc) is 2.87. The Bertz CT molecular complexity index is 271. The number of esters is 1. The van der Waals surface area contributed by atoms with E-state index in [0.29, 0.717) is 5.57 Å². The van der Waals surface area contributed by atoms with E-state index in [1.54, 1.807) is 32.6 Å². The fourth-order valence-electron chi connectivity index (χ4n) is 2.80. The third-order valence-corrected chi connectivity index (χ3v) is 3.75. The van der Waals surface area contributed by atoms with E-state index in [-0.39, 0.29) is 6.79 Å². The zero-order valence-electron chi connectivity index (χ0n) is 11.2. The molecule has 2 aliphatic rings. The van der Waals surface area contributed by atoms with Gasteiger partial charge in [0.05, 0.1) is 0 Å². The van der Waals surface area contributed by atoms with Gasteiger partial charge in [-0.1, -0.05) is 19.9 Å². The molecule has 98 valence electrons. The second-order valence-electron chi connectivity index (χ2n) is 5.27. The van der Waals surface area contributed by atoms with Crippen molar-refractivity contribution in [3.8, 4) is 0 Å². The first-order chi connectivity index (χ1) is 8.04. The van der Waals surface area contributed by atoms with Gasteiger partial charge in [0.2, 0.25) is 0 Å². The summed E-state index contributed by atoms with van der Waals surface area (Å²) in [5.74, 6) is 2.94. The van der Waals surface area contributed by atoms with Crippen molar-refractivity contribution in [3.63, 3.8) is 0 Å². The summed E-state index contributed by atoms with van der Waals surface area (Å²) in [6.45, 7) is 7.37. The summed E-state index contributed by atoms with van der Waals surface area (Å²) < 4.78 is 8.97. The van der Waals surface area contributed by atoms with Crippen LogP contribution in [0.5, 0.6) is 0 Å². The molecule has 0 aliphatic heterocycles. The summed E-state index contributed by atoms with van der Waals surface area (Å²) in [4.78, 5) is 10.5. The molecular formula is C14H24O3. The van der Waals surface area contributed by atoms with E-state index in [1.807, 2.05) is 0 Å². The molecule has 3 nitrogen and oxygen atoms in total. The van der Waals surface area contributed by atoms with Crippen molar-refractivity contribution in [1.82, 2.24) is 0 Å². The standard InChI is InChI=1S/C8H14.C6H10O3/c1-6-4-7-2-3-8(6)5-7;1-5(2)6(7)9-4-8-3/h6-8H,2-5H2,1H3;1,4H2,2-3H3. The maximum Gasteiger partial charge on any atom is 0.335 e. The molecule has 0 spiro atoms. The maximum absolute atomic E-state index is 10.5. The number of fused-ring (bicyclic) bond motifs is 2. The van der Waals surface area contributed by atoms with Crippen molar-refractivity contribution < 1.29 is 14.3 Å². The summed E-state index contributed by atoms with van der Waals surface area (Å²) in [6.07, 6.45) is 6.21. The van der Waals surface area contributed by atoms with Crippen LogP contribution >= 0.6 is 0 Å². The van der Waals surface area contributed by atoms with E-state index >= 15 is 0 Å². The van der Waals surface area contributed by atoms with Crippen molar-refractivity contribution in [2.24, 2.45) is 17.8 Å². The van der Waals surface area contributed by atoms with Crippen LogP contribution in [0.1, 0.15) is 39.5 Å². The Labute approximate surface area is 104 Å². The molecule has 0 radical (unpaired) electrons. The van der Waals surface area contributed by atoms with Crippen LogP contribution in [-0.4, -0.2) is 19.9 Å². The Morgan fingerprint density at radius 1 is 1.35 bits per heavy atom. The molecule has 17 heavy (non-hydrogen) atoms. The van der Waals surface area contributed by atoms with Gasteiger partial charge in [0.25, 0.3) is 0 Å². The lowest BCUT2D eigenvalue weighted by Gasteiger charge is -2.15. The van der Waals surface area contributed by atoms with E-state index in [1.165, 1.54) is 7.11 Å². The molecular weight excluding hydrogens is 216 g/mol. The van der Waals surface area contributed by atoms with E-state index < -0.39 is 5.97 Å². The topological polar surface area (TPSA) is 35.5 Å². The highest BCUT2D eigenvalue weighted by Gasteiger charge is 2.36. The van der Waals surface area contributed by atoms with E-state index in [4.69, 9.17) is 0 Å². The molecule has 2 saturated carbocycles. The van der Waals surface area contributed by atoms with Crippen LogP contribution in [0, 0.1) is 17.8 Å². The lowest BCUT2D eigenvalue weighted by atomic mass is 9.91. The molecule has 0 aromatic carbocycles. The highest BCUT2D eigenvalue weighted by molar-refractivity contribution is 5.86. The molecule has 0 aromatic heterocycles. The second-order valence-corrected chi connectivity index (χ2v) is 5.27. The third kappa shape index (κ3) is 4.50. The number of hydrogen-bond donors (Lipinski definition) is 0. The van der Waals surface area contributed by atoms with Crippen molar-refractivity contribution in [3.05, 3.63) is 12.2 Å². The second kappa shape index (κ2) is 6.80. The van der Waals surface area contributed by atoms with Gasteiger partial charge in [-0.3, -0.25) is 0 Å². The molecule has 0 heterocycles. The van der Waals surface area contributed by atoms with Gasteiger partial charge in [-0.05, 0) is 43.9 Å². The summed E-state index contributed by atoms with van der Waals surface area (Å²) in [5.41, 5.74) is 0.382. The van der Waals surface area contributed by atoms with Gasteiger partial charge in [0.1, 0.15) is 0 Å². The summed E-state index contributed by atoms with van der Waals surface area (Å²) in [5, 5.41) is 0. The van der Waals surface area contributed by atoms with Crippen LogP contribution < -0.4 is 0 Å². The van der Waals surface area contributed by atoms with Gasteiger partial charge in [-0.2, -0.15) is 0 Å². The lowest BCUT2D eigenvalue weighted by molar-refractivity contribution is -0.149. The van der Waals surface area contributed by atoms with Crippen molar-refractivity contribution in [1.29, 1.82) is 0 Å². The summed E-state index contributed by atoms with van der Waals surface area (Å²) >= 11 is 0. The van der Waals surface area contributed by atoms with Gasteiger partial charge < -0.3 is 9.47 Å². The quantitative estimate of drug-likeness (QED) is 0.432.